The zero-order valence-electron chi connectivity index (χ0n) is 8.90. The highest BCUT2D eigenvalue weighted by Gasteiger charge is 2.26. The average molecular weight is 314 g/mol. The molecule has 6 heteroatoms. The van der Waals surface area contributed by atoms with Crippen molar-refractivity contribution in [2.45, 2.75) is 31.5 Å². The average Bonchev–Trinajstić information content (AvgIpc) is 2.13. The molecule has 0 aromatic heterocycles. The first kappa shape index (κ1) is 14.4. The summed E-state index contributed by atoms with van der Waals surface area (Å²) in [5.74, 6) is -0.458. The quantitative estimate of drug-likeness (QED) is 0.823. The Labute approximate surface area is 105 Å². The molecule has 1 atom stereocenters. The lowest BCUT2D eigenvalue weighted by Gasteiger charge is -2.13. The van der Waals surface area contributed by atoms with Gasteiger partial charge in [0.25, 0.3) is 0 Å². The number of halogens is 5. The molecular formula is C11H12BrF4N. The van der Waals surface area contributed by atoms with Crippen molar-refractivity contribution < 1.29 is 17.6 Å². The molecule has 0 spiro atoms. The van der Waals surface area contributed by atoms with Crippen molar-refractivity contribution in [1.82, 2.24) is 0 Å². The van der Waals surface area contributed by atoms with E-state index < -0.39 is 24.5 Å². The van der Waals surface area contributed by atoms with Gasteiger partial charge in [0.15, 0.2) is 0 Å². The van der Waals surface area contributed by atoms with Crippen molar-refractivity contribution in [1.29, 1.82) is 0 Å². The number of hydrogen-bond acceptors (Lipinski definition) is 1. The third kappa shape index (κ3) is 5.50. The van der Waals surface area contributed by atoms with Crippen LogP contribution < -0.4 is 5.73 Å². The maximum Gasteiger partial charge on any atom is 0.389 e. The number of nitrogens with two attached hydrogens (primary N) is 1. The van der Waals surface area contributed by atoms with Gasteiger partial charge < -0.3 is 5.73 Å². The fourth-order valence-electron chi connectivity index (χ4n) is 1.48. The van der Waals surface area contributed by atoms with E-state index in [4.69, 9.17) is 5.73 Å². The molecule has 0 bridgehead atoms. The topological polar surface area (TPSA) is 26.0 Å². The third-order valence-electron chi connectivity index (χ3n) is 2.29. The second kappa shape index (κ2) is 5.82. The summed E-state index contributed by atoms with van der Waals surface area (Å²) in [5.41, 5.74) is 6.21. The van der Waals surface area contributed by atoms with Gasteiger partial charge in [-0.3, -0.25) is 0 Å². The van der Waals surface area contributed by atoms with Gasteiger partial charge in [-0.15, -0.1) is 0 Å². The molecule has 0 aliphatic rings. The smallest absolute Gasteiger partial charge is 0.324 e. The first-order valence-electron chi connectivity index (χ1n) is 5.06. The van der Waals surface area contributed by atoms with Crippen LogP contribution in [0.25, 0.3) is 0 Å². The summed E-state index contributed by atoms with van der Waals surface area (Å²) in [4.78, 5) is 0. The molecular weight excluding hydrogens is 302 g/mol. The Kier molecular flexibility index (Phi) is 4.94. The van der Waals surface area contributed by atoms with Gasteiger partial charge in [-0.2, -0.15) is 13.2 Å². The standard InChI is InChI=1S/C11H12BrF4N/c12-8-4-7(5-9(13)6-8)10(17)2-1-3-11(14,15)16/h4-6,10H,1-3,17H2. The number of alkyl halides is 3. The molecule has 2 N–H and O–H groups in total. The second-order valence-electron chi connectivity index (χ2n) is 3.82. The normalized spacial score (nSPS) is 13.8. The molecule has 1 aromatic carbocycles. The van der Waals surface area contributed by atoms with Crippen LogP contribution in [-0.2, 0) is 0 Å². The zero-order chi connectivity index (χ0) is 13.1. The Morgan fingerprint density at radius 1 is 1.24 bits per heavy atom. The molecule has 0 aliphatic carbocycles. The van der Waals surface area contributed by atoms with Crippen molar-refractivity contribution in [2.24, 2.45) is 5.73 Å². The van der Waals surface area contributed by atoms with E-state index in [1.165, 1.54) is 12.1 Å². The van der Waals surface area contributed by atoms with Gasteiger partial charge in [0.1, 0.15) is 5.82 Å². The fourth-order valence-corrected chi connectivity index (χ4v) is 1.96. The van der Waals surface area contributed by atoms with Gasteiger partial charge in [-0.1, -0.05) is 15.9 Å². The number of rotatable bonds is 4. The molecule has 0 saturated carbocycles. The van der Waals surface area contributed by atoms with Gasteiger partial charge in [-0.05, 0) is 36.6 Å². The summed E-state index contributed by atoms with van der Waals surface area (Å²) >= 11 is 3.11. The van der Waals surface area contributed by atoms with E-state index in [1.54, 1.807) is 6.07 Å². The minimum atomic E-state index is -4.16. The van der Waals surface area contributed by atoms with E-state index in [0.717, 1.165) is 0 Å². The largest absolute Gasteiger partial charge is 0.389 e. The van der Waals surface area contributed by atoms with E-state index in [1.807, 2.05) is 0 Å². The Hall–Kier alpha value is -0.620. The van der Waals surface area contributed by atoms with Gasteiger partial charge in [-0.25, -0.2) is 4.39 Å². The predicted octanol–water partition coefficient (Wildman–Crippen LogP) is 4.32. The van der Waals surface area contributed by atoms with Gasteiger partial charge in [0.05, 0.1) is 0 Å². The molecule has 0 saturated heterocycles. The number of hydrogen-bond donors (Lipinski definition) is 1. The van der Waals surface area contributed by atoms with Crippen LogP contribution in [0.2, 0.25) is 0 Å². The highest BCUT2D eigenvalue weighted by Crippen LogP contribution is 2.26. The monoisotopic (exact) mass is 313 g/mol. The van der Waals surface area contributed by atoms with Crippen LogP contribution in [0.4, 0.5) is 17.6 Å². The summed E-state index contributed by atoms with van der Waals surface area (Å²) in [6, 6.07) is 3.54. The van der Waals surface area contributed by atoms with E-state index in [-0.39, 0.29) is 12.8 Å². The molecule has 0 aliphatic heterocycles. The summed E-state index contributed by atoms with van der Waals surface area (Å²) < 4.78 is 49.3. The van der Waals surface area contributed by atoms with Crippen LogP contribution in [0.15, 0.2) is 22.7 Å². The predicted molar refractivity (Wildman–Crippen MR) is 60.9 cm³/mol. The number of benzene rings is 1. The molecule has 0 radical (unpaired) electrons. The Balaban J connectivity index is 2.55. The summed E-state index contributed by atoms with van der Waals surface area (Å²) in [7, 11) is 0. The Morgan fingerprint density at radius 3 is 2.41 bits per heavy atom. The van der Waals surface area contributed by atoms with E-state index >= 15 is 0 Å². The maximum absolute atomic E-state index is 13.0. The molecule has 1 nitrogen and oxygen atoms in total. The zero-order valence-corrected chi connectivity index (χ0v) is 10.5. The fraction of sp³-hybridized carbons (Fsp3) is 0.455. The molecule has 1 unspecified atom stereocenters. The third-order valence-corrected chi connectivity index (χ3v) is 2.75. The minimum Gasteiger partial charge on any atom is -0.324 e. The molecule has 96 valence electrons. The second-order valence-corrected chi connectivity index (χ2v) is 4.73. The maximum atomic E-state index is 13.0. The lowest BCUT2D eigenvalue weighted by molar-refractivity contribution is -0.135. The van der Waals surface area contributed by atoms with Crippen LogP contribution in [0.1, 0.15) is 30.9 Å². The van der Waals surface area contributed by atoms with E-state index in [2.05, 4.69) is 15.9 Å². The molecule has 0 amide bonds. The molecule has 1 rings (SSSR count). The molecule has 17 heavy (non-hydrogen) atoms. The molecule has 1 aromatic rings. The lowest BCUT2D eigenvalue weighted by atomic mass is 10.0. The van der Waals surface area contributed by atoms with E-state index in [0.29, 0.717) is 10.0 Å². The van der Waals surface area contributed by atoms with Gasteiger partial charge >= 0.3 is 6.18 Å². The van der Waals surface area contributed by atoms with Crippen molar-refractivity contribution in [3.05, 3.63) is 34.1 Å². The van der Waals surface area contributed by atoms with Crippen LogP contribution in [-0.4, -0.2) is 6.18 Å². The van der Waals surface area contributed by atoms with Crippen LogP contribution in [0.3, 0.4) is 0 Å². The summed E-state index contributed by atoms with van der Waals surface area (Å²) in [6.45, 7) is 0. The lowest BCUT2D eigenvalue weighted by Crippen LogP contribution is -2.13. The molecule has 0 heterocycles. The van der Waals surface area contributed by atoms with Gasteiger partial charge in [0.2, 0.25) is 0 Å². The van der Waals surface area contributed by atoms with Crippen LogP contribution in [0.5, 0.6) is 0 Å². The highest BCUT2D eigenvalue weighted by atomic mass is 79.9. The first-order valence-corrected chi connectivity index (χ1v) is 5.85. The van der Waals surface area contributed by atoms with Crippen molar-refractivity contribution in [3.63, 3.8) is 0 Å². The molecule has 0 fully saturated rings. The minimum absolute atomic E-state index is 0.0567. The van der Waals surface area contributed by atoms with Gasteiger partial charge in [0, 0.05) is 16.9 Å². The van der Waals surface area contributed by atoms with Crippen molar-refractivity contribution in [3.8, 4) is 0 Å². The first-order chi connectivity index (χ1) is 7.78. The Morgan fingerprint density at radius 2 is 1.88 bits per heavy atom. The summed E-state index contributed by atoms with van der Waals surface area (Å²) in [5, 5.41) is 0. The van der Waals surface area contributed by atoms with Crippen molar-refractivity contribution >= 4 is 15.9 Å². The highest BCUT2D eigenvalue weighted by molar-refractivity contribution is 9.10. The SMILES string of the molecule is NC(CCCC(F)(F)F)c1cc(F)cc(Br)c1. The van der Waals surface area contributed by atoms with Crippen LogP contribution in [0, 0.1) is 5.82 Å². The van der Waals surface area contributed by atoms with Crippen LogP contribution >= 0.6 is 15.9 Å². The summed E-state index contributed by atoms with van der Waals surface area (Å²) in [6.07, 6.45) is -4.91. The van der Waals surface area contributed by atoms with E-state index in [9.17, 15) is 17.6 Å². The Bertz CT molecular complexity index is 358. The van der Waals surface area contributed by atoms with Crippen molar-refractivity contribution in [2.75, 3.05) is 0 Å².